The van der Waals surface area contributed by atoms with Crippen molar-refractivity contribution < 1.29 is 15.0 Å². The van der Waals surface area contributed by atoms with E-state index < -0.39 is 5.97 Å². The largest absolute Gasteiger partial charge is 0.478 e. The molecule has 0 aromatic rings. The van der Waals surface area contributed by atoms with Gasteiger partial charge < -0.3 is 10.2 Å². The first-order chi connectivity index (χ1) is 6.24. The number of aliphatic hydroxyl groups is 1. The number of allylic oxidation sites excluding steroid dienone is 4. The topological polar surface area (TPSA) is 57.5 Å². The van der Waals surface area contributed by atoms with Gasteiger partial charge in [-0.25, -0.2) is 4.79 Å². The standard InChI is InChI=1S/C10H12O3/c11-7-8-4-2-1-3-5-9(6-8)10(12)13/h1-5,8,11H,6-7H2,(H,12,13)/b3-1-,4-2-,9-5+. The van der Waals surface area contributed by atoms with Crippen LogP contribution in [0.5, 0.6) is 0 Å². The Morgan fingerprint density at radius 1 is 1.46 bits per heavy atom. The average molecular weight is 180 g/mol. The second-order valence-electron chi connectivity index (χ2n) is 2.91. The molecule has 1 rings (SSSR count). The number of carboxylic acids is 1. The molecule has 0 bridgehead atoms. The first kappa shape index (κ1) is 9.74. The minimum atomic E-state index is -0.918. The number of aliphatic carboxylic acids is 1. The zero-order valence-corrected chi connectivity index (χ0v) is 7.18. The van der Waals surface area contributed by atoms with Crippen molar-refractivity contribution in [2.75, 3.05) is 6.61 Å². The van der Waals surface area contributed by atoms with Crippen LogP contribution in [0, 0.1) is 5.92 Å². The second kappa shape index (κ2) is 4.62. The van der Waals surface area contributed by atoms with Crippen LogP contribution in [0.15, 0.2) is 36.0 Å². The van der Waals surface area contributed by atoms with Crippen LogP contribution in [0.2, 0.25) is 0 Å². The fourth-order valence-corrected chi connectivity index (χ4v) is 1.16. The summed E-state index contributed by atoms with van der Waals surface area (Å²) in [5.41, 5.74) is 0.333. The van der Waals surface area contributed by atoms with E-state index >= 15 is 0 Å². The lowest BCUT2D eigenvalue weighted by Gasteiger charge is -2.10. The molecular formula is C10H12O3. The summed E-state index contributed by atoms with van der Waals surface area (Å²) in [4.78, 5) is 10.7. The smallest absolute Gasteiger partial charge is 0.331 e. The lowest BCUT2D eigenvalue weighted by Crippen LogP contribution is -2.10. The summed E-state index contributed by atoms with van der Waals surface area (Å²) < 4.78 is 0. The molecule has 3 heteroatoms. The molecule has 0 aromatic carbocycles. The quantitative estimate of drug-likeness (QED) is 0.669. The van der Waals surface area contributed by atoms with E-state index in [1.165, 1.54) is 0 Å². The van der Waals surface area contributed by atoms with Crippen LogP contribution in [-0.2, 0) is 4.79 Å². The van der Waals surface area contributed by atoms with E-state index in [1.54, 1.807) is 18.2 Å². The fraction of sp³-hybridized carbons (Fsp3) is 0.300. The van der Waals surface area contributed by atoms with Gasteiger partial charge in [-0.2, -0.15) is 0 Å². The van der Waals surface area contributed by atoms with Crippen LogP contribution < -0.4 is 0 Å². The first-order valence-electron chi connectivity index (χ1n) is 4.12. The molecule has 0 amide bonds. The highest BCUT2D eigenvalue weighted by molar-refractivity contribution is 5.87. The molecule has 0 saturated carbocycles. The summed E-state index contributed by atoms with van der Waals surface area (Å²) in [7, 11) is 0. The van der Waals surface area contributed by atoms with Crippen molar-refractivity contribution in [3.8, 4) is 0 Å². The van der Waals surface area contributed by atoms with E-state index in [0.29, 0.717) is 12.0 Å². The highest BCUT2D eigenvalue weighted by Crippen LogP contribution is 2.15. The SMILES string of the molecule is O=C(O)/C1=C/C=C\C=C/C(CO)C1. The fourth-order valence-electron chi connectivity index (χ4n) is 1.16. The minimum Gasteiger partial charge on any atom is -0.478 e. The Morgan fingerprint density at radius 3 is 2.85 bits per heavy atom. The van der Waals surface area contributed by atoms with Gasteiger partial charge in [-0.1, -0.05) is 30.4 Å². The summed E-state index contributed by atoms with van der Waals surface area (Å²) in [5.74, 6) is -1.01. The number of aliphatic hydroxyl groups excluding tert-OH is 1. The summed E-state index contributed by atoms with van der Waals surface area (Å²) in [6.07, 6.45) is 9.02. The van der Waals surface area contributed by atoms with Gasteiger partial charge in [0.25, 0.3) is 0 Å². The second-order valence-corrected chi connectivity index (χ2v) is 2.91. The van der Waals surface area contributed by atoms with Gasteiger partial charge in [-0.3, -0.25) is 0 Å². The number of carboxylic acid groups (broad SMARTS) is 1. The molecule has 13 heavy (non-hydrogen) atoms. The monoisotopic (exact) mass is 180 g/mol. The lowest BCUT2D eigenvalue weighted by molar-refractivity contribution is -0.132. The predicted molar refractivity (Wildman–Crippen MR) is 49.2 cm³/mol. The Bertz CT molecular complexity index is 274. The van der Waals surface area contributed by atoms with Crippen molar-refractivity contribution >= 4 is 5.97 Å². The van der Waals surface area contributed by atoms with Crippen LogP contribution in [0.4, 0.5) is 0 Å². The number of rotatable bonds is 2. The maximum atomic E-state index is 10.7. The van der Waals surface area contributed by atoms with Gasteiger partial charge in [0.1, 0.15) is 0 Å². The van der Waals surface area contributed by atoms with Gasteiger partial charge in [0.05, 0.1) is 0 Å². The summed E-state index contributed by atoms with van der Waals surface area (Å²) in [5, 5.41) is 17.7. The highest BCUT2D eigenvalue weighted by Gasteiger charge is 2.12. The number of hydrogen-bond acceptors (Lipinski definition) is 2. The highest BCUT2D eigenvalue weighted by atomic mass is 16.4. The normalized spacial score (nSPS) is 30.8. The Morgan fingerprint density at radius 2 is 2.23 bits per heavy atom. The molecule has 1 atom stereocenters. The van der Waals surface area contributed by atoms with Crippen LogP contribution in [0.1, 0.15) is 6.42 Å². The van der Waals surface area contributed by atoms with Crippen molar-refractivity contribution in [3.05, 3.63) is 36.0 Å². The first-order valence-corrected chi connectivity index (χ1v) is 4.12. The van der Waals surface area contributed by atoms with Crippen molar-refractivity contribution in [2.24, 2.45) is 5.92 Å². The maximum Gasteiger partial charge on any atom is 0.331 e. The van der Waals surface area contributed by atoms with Gasteiger partial charge in [-0.05, 0) is 6.42 Å². The van der Waals surface area contributed by atoms with Crippen molar-refractivity contribution in [3.63, 3.8) is 0 Å². The summed E-state index contributed by atoms with van der Waals surface area (Å²) >= 11 is 0. The summed E-state index contributed by atoms with van der Waals surface area (Å²) in [6, 6.07) is 0. The number of carbonyl (C=O) groups is 1. The molecule has 1 aliphatic rings. The van der Waals surface area contributed by atoms with Gasteiger partial charge in [-0.15, -0.1) is 0 Å². The van der Waals surface area contributed by atoms with Crippen molar-refractivity contribution in [1.29, 1.82) is 0 Å². The van der Waals surface area contributed by atoms with E-state index in [2.05, 4.69) is 0 Å². The van der Waals surface area contributed by atoms with Gasteiger partial charge >= 0.3 is 5.97 Å². The van der Waals surface area contributed by atoms with Crippen LogP contribution in [-0.4, -0.2) is 22.8 Å². The molecule has 0 heterocycles. The van der Waals surface area contributed by atoms with E-state index in [-0.39, 0.29) is 12.5 Å². The predicted octanol–water partition coefficient (Wildman–Crippen LogP) is 1.12. The lowest BCUT2D eigenvalue weighted by atomic mass is 9.98. The molecule has 0 aliphatic heterocycles. The van der Waals surface area contributed by atoms with Gasteiger partial charge in [0.2, 0.25) is 0 Å². The number of hydrogen-bond donors (Lipinski definition) is 2. The van der Waals surface area contributed by atoms with Crippen LogP contribution >= 0.6 is 0 Å². The molecule has 0 spiro atoms. The van der Waals surface area contributed by atoms with Gasteiger partial charge in [0.15, 0.2) is 0 Å². The molecule has 1 aliphatic carbocycles. The molecular weight excluding hydrogens is 168 g/mol. The van der Waals surface area contributed by atoms with E-state index in [4.69, 9.17) is 10.2 Å². The molecule has 0 radical (unpaired) electrons. The Labute approximate surface area is 76.7 Å². The van der Waals surface area contributed by atoms with E-state index in [9.17, 15) is 4.79 Å². The average Bonchev–Trinajstić information content (AvgIpc) is 2.03. The molecule has 2 N–H and O–H groups in total. The molecule has 70 valence electrons. The summed E-state index contributed by atoms with van der Waals surface area (Å²) in [6.45, 7) is -0.0189. The molecule has 0 fully saturated rings. The minimum absolute atomic E-state index is 0.0189. The molecule has 1 unspecified atom stereocenters. The Hall–Kier alpha value is -1.35. The molecule has 3 nitrogen and oxygen atoms in total. The van der Waals surface area contributed by atoms with Crippen LogP contribution in [0.3, 0.4) is 0 Å². The van der Waals surface area contributed by atoms with E-state index in [1.807, 2.05) is 12.2 Å². The van der Waals surface area contributed by atoms with Crippen molar-refractivity contribution in [1.82, 2.24) is 0 Å². The van der Waals surface area contributed by atoms with Crippen LogP contribution in [0.25, 0.3) is 0 Å². The molecule has 0 aromatic heterocycles. The maximum absolute atomic E-state index is 10.7. The zero-order valence-electron chi connectivity index (χ0n) is 7.18. The Kier molecular flexibility index (Phi) is 3.46. The third kappa shape index (κ3) is 2.87. The zero-order chi connectivity index (χ0) is 9.68. The third-order valence-electron chi connectivity index (χ3n) is 1.89. The van der Waals surface area contributed by atoms with Gasteiger partial charge in [0, 0.05) is 18.1 Å². The Balaban J connectivity index is 2.81. The van der Waals surface area contributed by atoms with Crippen molar-refractivity contribution in [2.45, 2.75) is 6.42 Å². The van der Waals surface area contributed by atoms with E-state index in [0.717, 1.165) is 0 Å². The molecule has 0 saturated heterocycles. The third-order valence-corrected chi connectivity index (χ3v) is 1.89.